The first-order valence-corrected chi connectivity index (χ1v) is 9.84. The van der Waals surface area contributed by atoms with Gasteiger partial charge in [0, 0.05) is 17.0 Å². The minimum atomic E-state index is -0.482. The fourth-order valence-electron chi connectivity index (χ4n) is 2.08. The molecule has 134 valence electrons. The molecule has 0 radical (unpaired) electrons. The lowest BCUT2D eigenvalue weighted by molar-refractivity contribution is -0.145. The van der Waals surface area contributed by atoms with E-state index in [4.69, 9.17) is 16.3 Å². The highest BCUT2D eigenvalue weighted by molar-refractivity contribution is 8.00. The Morgan fingerprint density at radius 2 is 2.08 bits per heavy atom. The average Bonchev–Trinajstić information content (AvgIpc) is 3.13. The molecular weight excluding hydrogens is 394 g/mol. The van der Waals surface area contributed by atoms with Gasteiger partial charge in [-0.15, -0.1) is 11.3 Å². The van der Waals surface area contributed by atoms with Gasteiger partial charge in [-0.25, -0.2) is 9.97 Å². The van der Waals surface area contributed by atoms with Gasteiger partial charge in [-0.1, -0.05) is 41.6 Å². The highest BCUT2D eigenvalue weighted by Crippen LogP contribution is 2.27. The Hall–Kier alpha value is -2.16. The minimum Gasteiger partial charge on any atom is -0.455 e. The summed E-state index contributed by atoms with van der Waals surface area (Å²) in [6.07, 6.45) is 1.47. The molecule has 6 nitrogen and oxygen atoms in total. The van der Waals surface area contributed by atoms with Crippen molar-refractivity contribution >= 4 is 56.8 Å². The van der Waals surface area contributed by atoms with Crippen LogP contribution < -0.4 is 5.32 Å². The van der Waals surface area contributed by atoms with Crippen molar-refractivity contribution in [2.45, 2.75) is 11.6 Å². The molecule has 26 heavy (non-hydrogen) atoms. The van der Waals surface area contributed by atoms with E-state index in [1.165, 1.54) is 29.4 Å². The van der Waals surface area contributed by atoms with Crippen molar-refractivity contribution in [2.24, 2.45) is 0 Å². The molecule has 3 rings (SSSR count). The molecule has 2 heterocycles. The van der Waals surface area contributed by atoms with Crippen molar-refractivity contribution in [3.63, 3.8) is 0 Å². The van der Waals surface area contributed by atoms with Crippen LogP contribution in [-0.2, 0) is 20.9 Å². The number of halogens is 1. The Morgan fingerprint density at radius 3 is 2.92 bits per heavy atom. The molecule has 0 aliphatic rings. The Labute approximate surface area is 162 Å². The summed E-state index contributed by atoms with van der Waals surface area (Å²) in [5.41, 5.74) is 0.799. The van der Waals surface area contributed by atoms with Gasteiger partial charge in [-0.05, 0) is 23.1 Å². The van der Waals surface area contributed by atoms with E-state index in [1.54, 1.807) is 6.07 Å². The lowest BCUT2D eigenvalue weighted by Crippen LogP contribution is -2.28. The fraction of sp³-hybridized carbons (Fsp3) is 0.176. The smallest absolute Gasteiger partial charge is 0.316 e. The van der Waals surface area contributed by atoms with Gasteiger partial charge < -0.3 is 10.1 Å². The highest BCUT2D eigenvalue weighted by Gasteiger charge is 2.11. The summed E-state index contributed by atoms with van der Waals surface area (Å²) in [7, 11) is 0. The van der Waals surface area contributed by atoms with Crippen LogP contribution in [0.2, 0.25) is 5.02 Å². The molecule has 9 heteroatoms. The number of fused-ring (bicyclic) bond motifs is 1. The number of amides is 1. The van der Waals surface area contributed by atoms with Gasteiger partial charge >= 0.3 is 5.97 Å². The summed E-state index contributed by atoms with van der Waals surface area (Å²) >= 11 is 8.79. The van der Waals surface area contributed by atoms with Crippen LogP contribution >= 0.6 is 34.7 Å². The molecule has 0 atom stereocenters. The number of nitrogens with zero attached hydrogens (tertiary/aromatic N) is 2. The van der Waals surface area contributed by atoms with E-state index in [9.17, 15) is 9.59 Å². The quantitative estimate of drug-likeness (QED) is 0.367. The number of ether oxygens (including phenoxy) is 1. The molecule has 0 aliphatic carbocycles. The van der Waals surface area contributed by atoms with Gasteiger partial charge in [0.2, 0.25) is 0 Å². The molecule has 0 spiro atoms. The maximum Gasteiger partial charge on any atom is 0.316 e. The largest absolute Gasteiger partial charge is 0.455 e. The van der Waals surface area contributed by atoms with Crippen LogP contribution in [0.4, 0.5) is 0 Å². The SMILES string of the molecule is O=C(COC(=O)CSc1ncnc2sccc12)NCc1ccccc1Cl. The summed E-state index contributed by atoms with van der Waals surface area (Å²) < 4.78 is 4.99. The number of carbonyl (C=O) groups excluding carboxylic acids is 2. The molecule has 1 amide bonds. The molecule has 1 N–H and O–H groups in total. The van der Waals surface area contributed by atoms with Crippen molar-refractivity contribution in [3.05, 3.63) is 52.6 Å². The second-order valence-corrected chi connectivity index (χ2v) is 7.40. The lowest BCUT2D eigenvalue weighted by atomic mass is 10.2. The van der Waals surface area contributed by atoms with Crippen LogP contribution in [-0.4, -0.2) is 34.2 Å². The number of thiophene rings is 1. The number of hydrogen-bond donors (Lipinski definition) is 1. The number of thioether (sulfide) groups is 1. The van der Waals surface area contributed by atoms with Gasteiger partial charge in [-0.2, -0.15) is 0 Å². The van der Waals surface area contributed by atoms with E-state index in [2.05, 4.69) is 15.3 Å². The van der Waals surface area contributed by atoms with Crippen molar-refractivity contribution in [1.29, 1.82) is 0 Å². The highest BCUT2D eigenvalue weighted by atomic mass is 35.5. The van der Waals surface area contributed by atoms with Crippen LogP contribution in [0.5, 0.6) is 0 Å². The standard InChI is InChI=1S/C17H14ClN3O3S2/c18-13-4-2-1-3-11(13)7-19-14(22)8-24-15(23)9-26-17-12-5-6-25-16(12)20-10-21-17/h1-6,10H,7-9H2,(H,19,22). The Balaban J connectivity index is 1.42. The van der Waals surface area contributed by atoms with Crippen LogP contribution in [0.1, 0.15) is 5.56 Å². The van der Waals surface area contributed by atoms with Gasteiger partial charge in [-0.3, -0.25) is 9.59 Å². The van der Waals surface area contributed by atoms with E-state index in [-0.39, 0.29) is 24.8 Å². The summed E-state index contributed by atoms with van der Waals surface area (Å²) in [5, 5.41) is 6.79. The number of carbonyl (C=O) groups is 2. The topological polar surface area (TPSA) is 81.2 Å². The number of nitrogens with one attached hydrogen (secondary N) is 1. The van der Waals surface area contributed by atoms with E-state index in [0.717, 1.165) is 20.8 Å². The molecule has 0 saturated carbocycles. The van der Waals surface area contributed by atoms with Crippen molar-refractivity contribution in [2.75, 3.05) is 12.4 Å². The second-order valence-electron chi connectivity index (χ2n) is 5.14. The van der Waals surface area contributed by atoms with Crippen LogP contribution in [0.25, 0.3) is 10.2 Å². The zero-order valence-electron chi connectivity index (χ0n) is 13.5. The van der Waals surface area contributed by atoms with E-state index in [1.807, 2.05) is 29.6 Å². The molecule has 3 aromatic rings. The number of esters is 1. The zero-order chi connectivity index (χ0) is 18.4. The molecule has 0 unspecified atom stereocenters. The summed E-state index contributed by atoms with van der Waals surface area (Å²) in [5.74, 6) is -0.796. The summed E-state index contributed by atoms with van der Waals surface area (Å²) in [6.45, 7) is -0.0522. The monoisotopic (exact) mass is 407 g/mol. The molecule has 0 aliphatic heterocycles. The molecule has 0 bridgehead atoms. The first kappa shape index (κ1) is 18.6. The fourth-order valence-corrected chi connectivity index (χ4v) is 3.86. The first-order valence-electron chi connectivity index (χ1n) is 7.60. The van der Waals surface area contributed by atoms with Crippen LogP contribution in [0.3, 0.4) is 0 Å². The van der Waals surface area contributed by atoms with Crippen molar-refractivity contribution in [3.8, 4) is 0 Å². The van der Waals surface area contributed by atoms with E-state index >= 15 is 0 Å². The number of hydrogen-bond acceptors (Lipinski definition) is 7. The minimum absolute atomic E-state index is 0.0692. The Bertz CT molecular complexity index is 932. The maximum absolute atomic E-state index is 11.8. The van der Waals surface area contributed by atoms with Gasteiger partial charge in [0.1, 0.15) is 16.2 Å². The first-order chi connectivity index (χ1) is 12.6. The zero-order valence-corrected chi connectivity index (χ0v) is 15.9. The van der Waals surface area contributed by atoms with Crippen molar-refractivity contribution in [1.82, 2.24) is 15.3 Å². The van der Waals surface area contributed by atoms with Gasteiger partial charge in [0.05, 0.1) is 5.75 Å². The summed E-state index contributed by atoms with van der Waals surface area (Å²) in [4.78, 5) is 32.8. The van der Waals surface area contributed by atoms with E-state index < -0.39 is 5.97 Å². The molecule has 2 aromatic heterocycles. The van der Waals surface area contributed by atoms with Gasteiger partial charge in [0.15, 0.2) is 6.61 Å². The van der Waals surface area contributed by atoms with Crippen LogP contribution in [0.15, 0.2) is 47.1 Å². The second kappa shape index (κ2) is 8.98. The molecule has 0 fully saturated rings. The third kappa shape index (κ3) is 4.94. The normalized spacial score (nSPS) is 10.7. The number of rotatable bonds is 7. The molecular formula is C17H14ClN3O3S2. The predicted octanol–water partition coefficient (Wildman–Crippen LogP) is 3.30. The molecule has 1 aromatic carbocycles. The predicted molar refractivity (Wildman–Crippen MR) is 102 cm³/mol. The number of benzene rings is 1. The Morgan fingerprint density at radius 1 is 1.23 bits per heavy atom. The lowest BCUT2D eigenvalue weighted by Gasteiger charge is -2.08. The third-order valence-corrected chi connectivity index (χ3v) is 5.52. The molecule has 0 saturated heterocycles. The van der Waals surface area contributed by atoms with Crippen LogP contribution in [0, 0.1) is 0 Å². The van der Waals surface area contributed by atoms with Gasteiger partial charge in [0.25, 0.3) is 5.91 Å². The Kier molecular flexibility index (Phi) is 6.43. The third-order valence-electron chi connectivity index (χ3n) is 3.35. The van der Waals surface area contributed by atoms with E-state index in [0.29, 0.717) is 5.02 Å². The number of aromatic nitrogens is 2. The summed E-state index contributed by atoms with van der Waals surface area (Å²) in [6, 6.07) is 9.13. The van der Waals surface area contributed by atoms with Crippen molar-refractivity contribution < 1.29 is 14.3 Å². The average molecular weight is 408 g/mol. The maximum atomic E-state index is 11.8.